The second kappa shape index (κ2) is 9.00. The SMILES string of the molecule is C[C@@H]1CCC(=O)N1c1ccc(NC(=O)NCCCN2CCOCC2)cc1. The maximum Gasteiger partial charge on any atom is 0.319 e. The largest absolute Gasteiger partial charge is 0.379 e. The third-order valence-electron chi connectivity index (χ3n) is 4.93. The number of rotatable bonds is 6. The lowest BCUT2D eigenvalue weighted by atomic mass is 10.2. The number of amides is 3. The van der Waals surface area contributed by atoms with Crippen molar-refractivity contribution in [2.45, 2.75) is 32.2 Å². The van der Waals surface area contributed by atoms with Crippen LogP contribution in [0.4, 0.5) is 16.2 Å². The molecule has 7 heteroatoms. The van der Waals surface area contributed by atoms with E-state index in [1.54, 1.807) is 0 Å². The molecule has 2 saturated heterocycles. The molecule has 0 aromatic heterocycles. The topological polar surface area (TPSA) is 73.9 Å². The normalized spacial score (nSPS) is 21.0. The molecule has 1 atom stereocenters. The maximum absolute atomic E-state index is 12.0. The summed E-state index contributed by atoms with van der Waals surface area (Å²) in [6.45, 7) is 7.20. The Morgan fingerprint density at radius 2 is 1.96 bits per heavy atom. The van der Waals surface area contributed by atoms with E-state index in [0.717, 1.165) is 57.1 Å². The number of anilines is 2. The molecule has 0 saturated carbocycles. The molecule has 7 nitrogen and oxygen atoms in total. The summed E-state index contributed by atoms with van der Waals surface area (Å²) < 4.78 is 5.32. The predicted molar refractivity (Wildman–Crippen MR) is 102 cm³/mol. The molecule has 2 aliphatic heterocycles. The first-order valence-corrected chi connectivity index (χ1v) is 9.40. The van der Waals surface area contributed by atoms with E-state index in [4.69, 9.17) is 4.74 Å². The molecule has 2 N–H and O–H groups in total. The number of hydrogen-bond acceptors (Lipinski definition) is 4. The van der Waals surface area contributed by atoms with Gasteiger partial charge in [0.15, 0.2) is 0 Å². The van der Waals surface area contributed by atoms with Crippen molar-refractivity contribution < 1.29 is 14.3 Å². The van der Waals surface area contributed by atoms with Crippen LogP contribution in [0.5, 0.6) is 0 Å². The van der Waals surface area contributed by atoms with Crippen molar-refractivity contribution in [3.05, 3.63) is 24.3 Å². The number of morpholine rings is 1. The Bertz CT molecular complexity index is 614. The standard InChI is InChI=1S/C19H28N4O3/c1-15-3-8-18(24)23(15)17-6-4-16(5-7-17)21-19(25)20-9-2-10-22-11-13-26-14-12-22/h4-7,15H,2-3,8-14H2,1H3,(H2,20,21,25)/t15-/m1/s1. The van der Waals surface area contributed by atoms with E-state index in [2.05, 4.69) is 22.5 Å². The lowest BCUT2D eigenvalue weighted by Gasteiger charge is -2.26. The molecule has 2 fully saturated rings. The maximum atomic E-state index is 12.0. The van der Waals surface area contributed by atoms with Gasteiger partial charge in [-0.05, 0) is 50.6 Å². The monoisotopic (exact) mass is 360 g/mol. The molecule has 1 aromatic rings. The molecule has 2 heterocycles. The fourth-order valence-corrected chi connectivity index (χ4v) is 3.44. The zero-order valence-corrected chi connectivity index (χ0v) is 15.4. The minimum atomic E-state index is -0.203. The van der Waals surface area contributed by atoms with Crippen molar-refractivity contribution in [1.82, 2.24) is 10.2 Å². The lowest BCUT2D eigenvalue weighted by Crippen LogP contribution is -2.38. The van der Waals surface area contributed by atoms with E-state index in [-0.39, 0.29) is 18.0 Å². The summed E-state index contributed by atoms with van der Waals surface area (Å²) in [5.74, 6) is 0.163. The Balaban J connectivity index is 1.39. The van der Waals surface area contributed by atoms with Gasteiger partial charge in [0.2, 0.25) is 5.91 Å². The minimum absolute atomic E-state index is 0.163. The van der Waals surface area contributed by atoms with Gasteiger partial charge in [0.05, 0.1) is 13.2 Å². The lowest BCUT2D eigenvalue weighted by molar-refractivity contribution is -0.117. The van der Waals surface area contributed by atoms with Crippen LogP contribution in [0, 0.1) is 0 Å². The van der Waals surface area contributed by atoms with Gasteiger partial charge in [-0.2, -0.15) is 0 Å². The second-order valence-corrected chi connectivity index (χ2v) is 6.89. The van der Waals surface area contributed by atoms with Gasteiger partial charge in [-0.1, -0.05) is 0 Å². The Hall–Kier alpha value is -2.12. The second-order valence-electron chi connectivity index (χ2n) is 6.89. The van der Waals surface area contributed by atoms with Gasteiger partial charge in [0.25, 0.3) is 0 Å². The molecule has 26 heavy (non-hydrogen) atoms. The number of ether oxygens (including phenoxy) is 1. The van der Waals surface area contributed by atoms with Crippen molar-refractivity contribution in [2.24, 2.45) is 0 Å². The first-order chi connectivity index (χ1) is 12.6. The Labute approximate surface area is 154 Å². The number of carbonyl (C=O) groups is 2. The van der Waals surface area contributed by atoms with Crippen LogP contribution < -0.4 is 15.5 Å². The van der Waals surface area contributed by atoms with Crippen LogP contribution in [0.1, 0.15) is 26.2 Å². The minimum Gasteiger partial charge on any atom is -0.379 e. The van der Waals surface area contributed by atoms with Gasteiger partial charge in [-0.25, -0.2) is 4.79 Å². The van der Waals surface area contributed by atoms with Crippen LogP contribution in [0.25, 0.3) is 0 Å². The van der Waals surface area contributed by atoms with Gasteiger partial charge < -0.3 is 20.3 Å². The number of benzene rings is 1. The summed E-state index contributed by atoms with van der Waals surface area (Å²) in [4.78, 5) is 28.1. The van der Waals surface area contributed by atoms with Crippen LogP contribution in [-0.2, 0) is 9.53 Å². The summed E-state index contributed by atoms with van der Waals surface area (Å²) in [5.41, 5.74) is 1.61. The predicted octanol–water partition coefficient (Wildman–Crippen LogP) is 2.05. The molecule has 2 aliphatic rings. The van der Waals surface area contributed by atoms with E-state index in [0.29, 0.717) is 13.0 Å². The number of nitrogens with one attached hydrogen (secondary N) is 2. The highest BCUT2D eigenvalue weighted by Gasteiger charge is 2.28. The Morgan fingerprint density at radius 3 is 2.62 bits per heavy atom. The summed E-state index contributed by atoms with van der Waals surface area (Å²) in [6.07, 6.45) is 2.42. The molecule has 3 amide bonds. The van der Waals surface area contributed by atoms with E-state index in [1.165, 1.54) is 0 Å². The zero-order valence-electron chi connectivity index (χ0n) is 15.4. The molecule has 3 rings (SSSR count). The van der Waals surface area contributed by atoms with E-state index in [9.17, 15) is 9.59 Å². The van der Waals surface area contributed by atoms with Crippen molar-refractivity contribution in [2.75, 3.05) is 49.6 Å². The average molecular weight is 360 g/mol. The molecular weight excluding hydrogens is 332 g/mol. The number of nitrogens with zero attached hydrogens (tertiary/aromatic N) is 2. The third-order valence-corrected chi connectivity index (χ3v) is 4.93. The van der Waals surface area contributed by atoms with E-state index < -0.39 is 0 Å². The molecular formula is C19H28N4O3. The highest BCUT2D eigenvalue weighted by atomic mass is 16.5. The van der Waals surface area contributed by atoms with Crippen molar-refractivity contribution in [3.63, 3.8) is 0 Å². The van der Waals surface area contributed by atoms with Gasteiger partial charge in [0, 0.05) is 43.5 Å². The van der Waals surface area contributed by atoms with Crippen LogP contribution >= 0.6 is 0 Å². The Kier molecular flexibility index (Phi) is 6.46. The molecule has 142 valence electrons. The summed E-state index contributed by atoms with van der Waals surface area (Å²) >= 11 is 0. The first kappa shape index (κ1) is 18.7. The third kappa shape index (κ3) is 4.95. The first-order valence-electron chi connectivity index (χ1n) is 9.40. The highest BCUT2D eigenvalue weighted by molar-refractivity contribution is 5.96. The Morgan fingerprint density at radius 1 is 1.23 bits per heavy atom. The van der Waals surface area contributed by atoms with Crippen LogP contribution in [-0.4, -0.2) is 62.3 Å². The molecule has 0 radical (unpaired) electrons. The quantitative estimate of drug-likeness (QED) is 0.762. The van der Waals surface area contributed by atoms with E-state index in [1.807, 2.05) is 29.2 Å². The number of carbonyl (C=O) groups excluding carboxylic acids is 2. The van der Waals surface area contributed by atoms with Crippen LogP contribution in [0.15, 0.2) is 24.3 Å². The summed E-state index contributed by atoms with van der Waals surface area (Å²) in [7, 11) is 0. The van der Waals surface area contributed by atoms with Crippen LogP contribution in [0.2, 0.25) is 0 Å². The fourth-order valence-electron chi connectivity index (χ4n) is 3.44. The van der Waals surface area contributed by atoms with Crippen molar-refractivity contribution in [1.29, 1.82) is 0 Å². The van der Waals surface area contributed by atoms with Crippen molar-refractivity contribution >= 4 is 23.3 Å². The molecule has 0 unspecified atom stereocenters. The van der Waals surface area contributed by atoms with Crippen molar-refractivity contribution in [3.8, 4) is 0 Å². The fraction of sp³-hybridized carbons (Fsp3) is 0.579. The highest BCUT2D eigenvalue weighted by Crippen LogP contribution is 2.27. The number of urea groups is 1. The van der Waals surface area contributed by atoms with Gasteiger partial charge in [0.1, 0.15) is 0 Å². The molecule has 0 spiro atoms. The summed E-state index contributed by atoms with van der Waals surface area (Å²) in [6, 6.07) is 7.46. The molecule has 1 aromatic carbocycles. The van der Waals surface area contributed by atoms with Crippen LogP contribution in [0.3, 0.4) is 0 Å². The number of hydrogen-bond donors (Lipinski definition) is 2. The molecule has 0 bridgehead atoms. The van der Waals surface area contributed by atoms with Gasteiger partial charge in [-0.3, -0.25) is 9.69 Å². The zero-order chi connectivity index (χ0) is 18.4. The van der Waals surface area contributed by atoms with E-state index >= 15 is 0 Å². The van der Waals surface area contributed by atoms with Gasteiger partial charge in [-0.15, -0.1) is 0 Å². The average Bonchev–Trinajstić information content (AvgIpc) is 2.99. The smallest absolute Gasteiger partial charge is 0.319 e. The summed E-state index contributed by atoms with van der Waals surface area (Å²) in [5, 5.41) is 5.72. The molecule has 0 aliphatic carbocycles. The van der Waals surface area contributed by atoms with Gasteiger partial charge >= 0.3 is 6.03 Å².